The molecule has 87 heavy (non-hydrogen) atoms. The summed E-state index contributed by atoms with van der Waals surface area (Å²) in [5, 5.41) is 87.3. The largest absolute Gasteiger partial charge is 0.394 e. The highest BCUT2D eigenvalue weighted by molar-refractivity contribution is 5.76. The Hall–Kier alpha value is -3.87. The Morgan fingerprint density at radius 2 is 0.805 bits per heavy atom. The molecule has 2 fully saturated rings. The molecule has 2 heterocycles. The van der Waals surface area contributed by atoms with Crippen LogP contribution in [0.2, 0.25) is 0 Å². The molecule has 0 aromatic carbocycles. The summed E-state index contributed by atoms with van der Waals surface area (Å²) in [5.74, 6) is -0.300. The smallest absolute Gasteiger partial charge is 0.220 e. The summed E-state index contributed by atoms with van der Waals surface area (Å²) in [5.41, 5.74) is 0. The predicted octanol–water partition coefficient (Wildman–Crippen LogP) is 13.5. The molecule has 2 saturated heterocycles. The Bertz CT molecular complexity index is 1970. The van der Waals surface area contributed by atoms with Crippen molar-refractivity contribution in [3.05, 3.63) is 134 Å². The van der Waals surface area contributed by atoms with Crippen molar-refractivity contribution in [1.82, 2.24) is 5.32 Å². The van der Waals surface area contributed by atoms with Gasteiger partial charge in [0.1, 0.15) is 48.8 Å². The van der Waals surface area contributed by atoms with Gasteiger partial charge in [-0.05, 0) is 109 Å². The third-order valence-electron chi connectivity index (χ3n) is 15.5. The number of ether oxygens (including phenoxy) is 4. The molecule has 0 spiro atoms. The van der Waals surface area contributed by atoms with E-state index in [2.05, 4.69) is 141 Å². The van der Waals surface area contributed by atoms with E-state index >= 15 is 0 Å². The molecule has 0 radical (unpaired) electrons. The fourth-order valence-electron chi connectivity index (χ4n) is 10.2. The van der Waals surface area contributed by atoms with Crippen molar-refractivity contribution < 1.29 is 64.6 Å². The molecule has 0 aromatic rings. The number of amides is 1. The van der Waals surface area contributed by atoms with Gasteiger partial charge in [0.25, 0.3) is 0 Å². The number of carbonyl (C=O) groups excluding carboxylic acids is 1. The van der Waals surface area contributed by atoms with Crippen LogP contribution in [0.25, 0.3) is 0 Å². The van der Waals surface area contributed by atoms with Crippen LogP contribution in [-0.2, 0) is 23.7 Å². The fraction of sp³-hybridized carbons (Fsp3) is 0.685. The average molecular weight is 1220 g/mol. The third-order valence-corrected chi connectivity index (χ3v) is 15.5. The number of rotatable bonds is 53. The quantitative estimate of drug-likeness (QED) is 0.0204. The number of aliphatic hydroxyl groups excluding tert-OH is 8. The number of unbranched alkanes of at least 4 members (excludes halogenated alkanes) is 20. The Morgan fingerprint density at radius 3 is 1.26 bits per heavy atom. The van der Waals surface area contributed by atoms with Crippen LogP contribution in [-0.4, -0.2) is 140 Å². The van der Waals surface area contributed by atoms with Crippen molar-refractivity contribution in [1.29, 1.82) is 0 Å². The van der Waals surface area contributed by atoms with E-state index in [4.69, 9.17) is 18.9 Å². The molecule has 14 nitrogen and oxygen atoms in total. The second-order valence-electron chi connectivity index (χ2n) is 23.2. The summed E-state index contributed by atoms with van der Waals surface area (Å²) in [7, 11) is 0. The summed E-state index contributed by atoms with van der Waals surface area (Å²) in [6.07, 6.45) is 66.4. The molecule has 2 aliphatic rings. The van der Waals surface area contributed by atoms with Gasteiger partial charge < -0.3 is 65.1 Å². The minimum atomic E-state index is -1.81. The molecule has 0 aliphatic carbocycles. The maximum atomic E-state index is 13.3. The molecular weight excluding hydrogens is 1100 g/mol. The fourth-order valence-corrected chi connectivity index (χ4v) is 10.2. The van der Waals surface area contributed by atoms with E-state index in [9.17, 15) is 45.6 Å². The van der Waals surface area contributed by atoms with E-state index in [1.165, 1.54) is 103 Å². The molecule has 12 unspecified atom stereocenters. The Kier molecular flexibility index (Phi) is 51.1. The van der Waals surface area contributed by atoms with Crippen molar-refractivity contribution in [3.8, 4) is 0 Å². The van der Waals surface area contributed by atoms with Crippen molar-refractivity contribution in [2.45, 2.75) is 299 Å². The molecule has 0 bridgehead atoms. The Labute approximate surface area is 526 Å². The molecule has 2 rings (SSSR count). The van der Waals surface area contributed by atoms with E-state index in [1.54, 1.807) is 6.08 Å². The topological polar surface area (TPSA) is 228 Å². The highest BCUT2D eigenvalue weighted by Gasteiger charge is 2.51. The van der Waals surface area contributed by atoms with Crippen molar-refractivity contribution >= 4 is 5.91 Å². The molecule has 0 aromatic heterocycles. The number of nitrogens with one attached hydrogen (secondary N) is 1. The first-order valence-electron chi connectivity index (χ1n) is 33.9. The van der Waals surface area contributed by atoms with Gasteiger partial charge in [-0.3, -0.25) is 4.79 Å². The van der Waals surface area contributed by atoms with Gasteiger partial charge in [-0.15, -0.1) is 0 Å². The summed E-state index contributed by atoms with van der Waals surface area (Å²) >= 11 is 0. The summed E-state index contributed by atoms with van der Waals surface area (Å²) < 4.78 is 22.8. The highest BCUT2D eigenvalue weighted by atomic mass is 16.7. The second kappa shape index (κ2) is 56.1. The zero-order valence-electron chi connectivity index (χ0n) is 53.7. The zero-order chi connectivity index (χ0) is 63.1. The van der Waals surface area contributed by atoms with E-state index < -0.39 is 86.8 Å². The monoisotopic (exact) mass is 1220 g/mol. The maximum absolute atomic E-state index is 13.3. The van der Waals surface area contributed by atoms with Gasteiger partial charge >= 0.3 is 0 Å². The lowest BCUT2D eigenvalue weighted by Crippen LogP contribution is -2.65. The van der Waals surface area contributed by atoms with Crippen LogP contribution in [0.4, 0.5) is 0 Å². The van der Waals surface area contributed by atoms with Crippen LogP contribution >= 0.6 is 0 Å². The lowest BCUT2D eigenvalue weighted by atomic mass is 9.97. The molecule has 1 amide bonds. The molecule has 2 aliphatic heterocycles. The summed E-state index contributed by atoms with van der Waals surface area (Å²) in [4.78, 5) is 13.3. The number of allylic oxidation sites excluding steroid dienone is 21. The summed E-state index contributed by atoms with van der Waals surface area (Å²) in [6.45, 7) is 2.63. The van der Waals surface area contributed by atoms with Gasteiger partial charge in [0.15, 0.2) is 12.6 Å². The number of aliphatic hydroxyl groups is 8. The van der Waals surface area contributed by atoms with Gasteiger partial charge in [0.05, 0.1) is 32.0 Å². The second-order valence-corrected chi connectivity index (χ2v) is 23.2. The lowest BCUT2D eigenvalue weighted by Gasteiger charge is -2.46. The summed E-state index contributed by atoms with van der Waals surface area (Å²) in [6, 6.07) is -0.974. The molecular formula is C73H121NO13. The van der Waals surface area contributed by atoms with E-state index in [1.807, 2.05) is 6.08 Å². The van der Waals surface area contributed by atoms with Crippen molar-refractivity contribution in [3.63, 3.8) is 0 Å². The van der Waals surface area contributed by atoms with Crippen LogP contribution < -0.4 is 5.32 Å². The number of carbonyl (C=O) groups is 1. The van der Waals surface area contributed by atoms with Gasteiger partial charge in [0.2, 0.25) is 5.91 Å². The van der Waals surface area contributed by atoms with Crippen LogP contribution in [0.3, 0.4) is 0 Å². The van der Waals surface area contributed by atoms with E-state index in [-0.39, 0.29) is 18.9 Å². The third kappa shape index (κ3) is 40.5. The normalized spacial score (nSPS) is 24.2. The van der Waals surface area contributed by atoms with Crippen molar-refractivity contribution in [2.75, 3.05) is 19.8 Å². The van der Waals surface area contributed by atoms with E-state index in [0.29, 0.717) is 12.8 Å². The molecule has 12 atom stereocenters. The standard InChI is InChI=1S/C73H121NO13/c1-3-5-7-9-11-13-15-17-19-21-23-25-27-29-31-33-35-37-39-41-43-45-47-49-51-53-55-57-65(78)74-61(60-84-72-70(83)68(81)71(64(59-76)86-72)87-73-69(82)67(80)66(79)63(58-75)85-73)62(77)56-54-52-50-48-46-44-42-40-38-36-34-32-30-28-26-24-22-20-18-16-14-12-10-8-6-4-2/h5,7,11,13,17,19,23,25,29,31,35,37-38,40-41,43,46-49,54,56,61-64,66-73,75-77,79-83H,3-4,6,8-10,12,14-16,18,20-22,24,26-28,30,32-34,36,39,42,44-45,50-53,55,57-60H2,1-2H3,(H,74,78)/b7-5-,13-11-,19-17-,25-23-,31-29-,37-35-,40-38+,43-41-,48-46+,49-47-,56-54+. The highest BCUT2D eigenvalue weighted by Crippen LogP contribution is 2.30. The van der Waals surface area contributed by atoms with Gasteiger partial charge in [0, 0.05) is 6.42 Å². The van der Waals surface area contributed by atoms with Crippen LogP contribution in [0.15, 0.2) is 134 Å². The molecule has 496 valence electrons. The number of hydrogen-bond acceptors (Lipinski definition) is 13. The first kappa shape index (κ1) is 79.2. The predicted molar refractivity (Wildman–Crippen MR) is 355 cm³/mol. The Morgan fingerprint density at radius 1 is 0.425 bits per heavy atom. The molecule has 0 saturated carbocycles. The van der Waals surface area contributed by atoms with Crippen LogP contribution in [0.1, 0.15) is 226 Å². The van der Waals surface area contributed by atoms with Crippen LogP contribution in [0.5, 0.6) is 0 Å². The van der Waals surface area contributed by atoms with E-state index in [0.717, 1.165) is 89.9 Å². The maximum Gasteiger partial charge on any atom is 0.220 e. The zero-order valence-corrected chi connectivity index (χ0v) is 53.7. The number of hydrogen-bond donors (Lipinski definition) is 9. The van der Waals surface area contributed by atoms with Gasteiger partial charge in [-0.2, -0.15) is 0 Å². The SMILES string of the molecule is CC/C=C\C/C=C\C/C=C\C/C=C\C/C=C\C/C=C\C/C=C\C/C=C\CCCCC(=O)NC(COC1OC(CO)C(OC2OC(CO)C(O)C(O)C2O)C(O)C1O)C(O)/C=C/CC/C=C/CC/C=C/CCCCCCCCCCCCCCCCCC. The average Bonchev–Trinajstić information content (AvgIpc) is 2.58. The minimum absolute atomic E-state index is 0.205. The van der Waals surface area contributed by atoms with Gasteiger partial charge in [-0.25, -0.2) is 0 Å². The molecule has 14 heteroatoms. The molecule has 9 N–H and O–H groups in total. The van der Waals surface area contributed by atoms with Gasteiger partial charge in [-0.1, -0.05) is 244 Å². The van der Waals surface area contributed by atoms with Crippen LogP contribution in [0, 0.1) is 0 Å². The first-order valence-corrected chi connectivity index (χ1v) is 33.9. The van der Waals surface area contributed by atoms with Crippen molar-refractivity contribution in [2.24, 2.45) is 0 Å². The minimum Gasteiger partial charge on any atom is -0.394 e. The Balaban J connectivity index is 1.77. The lowest BCUT2D eigenvalue weighted by molar-refractivity contribution is -0.359. The first-order chi connectivity index (χ1) is 42.6.